The number of amides is 5. The predicted molar refractivity (Wildman–Crippen MR) is 310 cm³/mol. The van der Waals surface area contributed by atoms with E-state index in [1.165, 1.54) is 37.4 Å². The van der Waals surface area contributed by atoms with Gasteiger partial charge in [0.1, 0.15) is 48.4 Å². The van der Waals surface area contributed by atoms with E-state index in [1.54, 1.807) is 0 Å². The average Bonchev–Trinajstić information content (AvgIpc) is 2.34. The summed E-state index contributed by atoms with van der Waals surface area (Å²) in [6.07, 6.45) is -22.9. The van der Waals surface area contributed by atoms with Gasteiger partial charge in [0.2, 0.25) is 29.6 Å². The number of aromatic amines is 1. The highest BCUT2D eigenvalue weighted by atomic mass is 16.4. The third-order valence-electron chi connectivity index (χ3n) is 14.2. The molecule has 0 aliphatic carbocycles. The van der Waals surface area contributed by atoms with Crippen molar-refractivity contribution in [2.75, 3.05) is 37.4 Å². The molecule has 0 aliphatic rings. The van der Waals surface area contributed by atoms with Crippen LogP contribution in [-0.2, 0) is 54.5 Å². The molecule has 22 N–H and O–H groups in total. The summed E-state index contributed by atoms with van der Waals surface area (Å²) < 4.78 is 0. The van der Waals surface area contributed by atoms with Crippen molar-refractivity contribution < 1.29 is 119 Å². The SMILES string of the molecule is CCC(=O)[C@H](CCC(=O)O)NC(=O)[C@H](CCC(=O)NC[C@H](O)[C@@H](O)[C@H](O)[C@H](O)CO)CC(=O)[C@H](CCC(=O)O)NC(=O)[C@H](CCC(=O)NC[C@H](O)[C@@H](O)[C@H](O)[C@H](O)CO)CC(=O)CC[C@H](NC(=O)c1ccc(NCc2cnc3nc(N)[nH]c(=O)c3n2)cc1)C(=O)O. The summed E-state index contributed by atoms with van der Waals surface area (Å²) in [6, 6.07) is 0.619. The smallest absolute Gasteiger partial charge is 0.326 e. The molecule has 0 saturated carbocycles. The lowest BCUT2D eigenvalue weighted by Gasteiger charge is -2.26. The Kier molecular flexibility index (Phi) is 32.2. The van der Waals surface area contributed by atoms with E-state index < -0.39 is 252 Å². The second-order valence-electron chi connectivity index (χ2n) is 21.2. The van der Waals surface area contributed by atoms with Gasteiger partial charge in [-0.05, 0) is 56.4 Å². The van der Waals surface area contributed by atoms with Gasteiger partial charge < -0.3 is 104 Å². The van der Waals surface area contributed by atoms with Crippen LogP contribution in [0.3, 0.4) is 0 Å². The zero-order valence-corrected chi connectivity index (χ0v) is 49.3. The number of carboxylic acids is 3. The highest BCUT2D eigenvalue weighted by Crippen LogP contribution is 2.21. The summed E-state index contributed by atoms with van der Waals surface area (Å²) in [5.41, 5.74) is 5.65. The molecule has 3 aromatic rings. The lowest BCUT2D eigenvalue weighted by atomic mass is 9.89. The molecule has 0 unspecified atom stereocenters. The monoisotopic (exact) mass is 1290 g/mol. The molecule has 0 bridgehead atoms. The van der Waals surface area contributed by atoms with Crippen LogP contribution >= 0.6 is 0 Å². The fraction of sp³-hybridized carbons (Fsp3) is 0.582. The number of nitrogens with one attached hydrogen (secondary N) is 7. The first kappa shape index (κ1) is 76.7. The van der Waals surface area contributed by atoms with Crippen molar-refractivity contribution >= 4 is 87.6 Å². The van der Waals surface area contributed by atoms with Gasteiger partial charge >= 0.3 is 17.9 Å². The van der Waals surface area contributed by atoms with Crippen molar-refractivity contribution in [2.45, 2.75) is 164 Å². The number of carbonyl (C=O) groups excluding carboxylic acids is 8. The number of hydrogen-bond acceptors (Lipinski definition) is 27. The quantitative estimate of drug-likeness (QED) is 0.0250. The van der Waals surface area contributed by atoms with Crippen LogP contribution in [0.25, 0.3) is 11.2 Å². The summed E-state index contributed by atoms with van der Waals surface area (Å²) in [5, 5.41) is 142. The van der Waals surface area contributed by atoms with Gasteiger partial charge in [0.15, 0.2) is 22.7 Å². The first-order valence-corrected chi connectivity index (χ1v) is 28.6. The predicted octanol–water partition coefficient (Wildman–Crippen LogP) is -6.64. The number of nitrogens with zero attached hydrogens (tertiary/aromatic N) is 3. The van der Waals surface area contributed by atoms with Gasteiger partial charge in [-0.25, -0.2) is 14.8 Å². The number of benzene rings is 1. The second kappa shape index (κ2) is 38.2. The zero-order chi connectivity index (χ0) is 68.2. The Labute approximate surface area is 517 Å². The van der Waals surface area contributed by atoms with Crippen LogP contribution in [0.5, 0.6) is 0 Å². The van der Waals surface area contributed by atoms with Gasteiger partial charge in [-0.2, -0.15) is 4.98 Å². The molecular formula is C55H79N11O25. The minimum atomic E-state index is -2.10. The maximum atomic E-state index is 14.3. The molecular weight excluding hydrogens is 1210 g/mol. The lowest BCUT2D eigenvalue weighted by molar-refractivity contribution is -0.140. The molecule has 0 fully saturated rings. The van der Waals surface area contributed by atoms with Crippen molar-refractivity contribution in [3.63, 3.8) is 0 Å². The fourth-order valence-corrected chi connectivity index (χ4v) is 8.79. The number of nitrogen functional groups attached to an aromatic ring is 1. The number of hydrogen-bond donors (Lipinski definition) is 21. The van der Waals surface area contributed by atoms with Crippen LogP contribution in [0, 0.1) is 11.8 Å². The van der Waals surface area contributed by atoms with Crippen molar-refractivity contribution in [2.24, 2.45) is 11.8 Å². The highest BCUT2D eigenvalue weighted by Gasteiger charge is 2.35. The van der Waals surface area contributed by atoms with E-state index in [9.17, 15) is 114 Å². The molecule has 36 heteroatoms. The van der Waals surface area contributed by atoms with Crippen LogP contribution < -0.4 is 43.2 Å². The minimum absolute atomic E-state index is 0.0210. The molecule has 0 saturated heterocycles. The van der Waals surface area contributed by atoms with E-state index in [0.717, 1.165) is 0 Å². The van der Waals surface area contributed by atoms with E-state index in [1.807, 2.05) is 0 Å². The van der Waals surface area contributed by atoms with Crippen LogP contribution in [0.4, 0.5) is 11.6 Å². The topological polar surface area (TPSA) is 620 Å². The Morgan fingerprint density at radius 3 is 1.52 bits per heavy atom. The Bertz CT molecular complexity index is 3040. The van der Waals surface area contributed by atoms with Crippen molar-refractivity contribution in [1.82, 2.24) is 46.5 Å². The number of aromatic nitrogens is 4. The van der Waals surface area contributed by atoms with E-state index in [0.29, 0.717) is 11.4 Å². The van der Waals surface area contributed by atoms with E-state index >= 15 is 0 Å². The zero-order valence-electron chi connectivity index (χ0n) is 49.3. The minimum Gasteiger partial charge on any atom is -0.481 e. The maximum Gasteiger partial charge on any atom is 0.326 e. The van der Waals surface area contributed by atoms with Crippen LogP contribution in [0.1, 0.15) is 106 Å². The number of fused-ring (bicyclic) bond motifs is 1. The Morgan fingerprint density at radius 2 is 1.04 bits per heavy atom. The number of carbonyl (C=O) groups is 11. The molecule has 504 valence electrons. The third kappa shape index (κ3) is 26.0. The van der Waals surface area contributed by atoms with Crippen LogP contribution in [0.2, 0.25) is 0 Å². The summed E-state index contributed by atoms with van der Waals surface area (Å²) in [4.78, 5) is 171. The Hall–Kier alpha value is -8.59. The molecule has 2 heterocycles. The molecule has 13 atom stereocenters. The largest absolute Gasteiger partial charge is 0.481 e. The van der Waals surface area contributed by atoms with Crippen LogP contribution in [-0.4, -0.2) is 244 Å². The molecule has 5 amide bonds. The summed E-state index contributed by atoms with van der Waals surface area (Å²) in [7, 11) is 0. The molecule has 3 rings (SSSR count). The molecule has 0 radical (unpaired) electrons. The first-order chi connectivity index (χ1) is 42.9. The molecule has 2 aromatic heterocycles. The van der Waals surface area contributed by atoms with Crippen molar-refractivity contribution in [3.8, 4) is 0 Å². The summed E-state index contributed by atoms with van der Waals surface area (Å²) in [6.45, 7) is -2.11. The number of aliphatic hydroxyl groups is 10. The van der Waals surface area contributed by atoms with E-state index in [4.69, 9.17) is 15.9 Å². The van der Waals surface area contributed by atoms with Crippen molar-refractivity contribution in [3.05, 3.63) is 52.1 Å². The van der Waals surface area contributed by atoms with Gasteiger partial charge in [-0.3, -0.25) is 57.7 Å². The number of ketones is 3. The standard InChI is InChI=1S/C55H79N11O25/c1-2-34(70)31(11-15-42(78)79)62-52(88)27(6-14-41(77)59-22-37(73)46(83)48(85)39(75)24-68)18-35(71)32(12-16-43(80)81)63-51(87)26(5-13-40(76)58-21-36(72)45(82)47(84)38(74)23-67)17-30(69)9-10-33(54(90)91)64-50(86)25-3-7-28(8-4-25)57-19-29-20-60-49-44(61-29)53(89)66-55(56)65-49/h3-4,7-8,20,26-27,31-33,36-39,45-48,57,67-68,72-75,82-85H,2,5-6,9-19,21-24H2,1H3,(H,58,76)(H,59,77)(H,62,88)(H,63,87)(H,64,86)(H,78,79)(H,80,81)(H,90,91)(H3,56,60,65,66,89)/t26-,27-,31+,32+,33+,36+,37+,38-,39-,45-,46-,47-,48-/m1/s1. The summed E-state index contributed by atoms with van der Waals surface area (Å²) in [5.74, 6) is -15.5. The Balaban J connectivity index is 1.88. The number of aliphatic hydroxyl groups excluding tert-OH is 10. The van der Waals surface area contributed by atoms with Gasteiger partial charge in [-0.1, -0.05) is 6.92 Å². The maximum absolute atomic E-state index is 14.3. The van der Waals surface area contributed by atoms with Crippen molar-refractivity contribution in [1.29, 1.82) is 0 Å². The number of aliphatic carboxylic acids is 3. The average molecular weight is 1290 g/mol. The normalized spacial score (nSPS) is 15.7. The lowest BCUT2D eigenvalue weighted by Crippen LogP contribution is -2.49. The van der Waals surface area contributed by atoms with Crippen LogP contribution in [0.15, 0.2) is 35.3 Å². The number of Topliss-reactive ketones (excluding diaryl/α,β-unsaturated/α-hetero) is 3. The summed E-state index contributed by atoms with van der Waals surface area (Å²) >= 11 is 0. The molecule has 0 spiro atoms. The van der Waals surface area contributed by atoms with Gasteiger partial charge in [0.25, 0.3) is 11.5 Å². The molecule has 1 aromatic carbocycles. The van der Waals surface area contributed by atoms with Gasteiger partial charge in [-0.15, -0.1) is 0 Å². The molecule has 91 heavy (non-hydrogen) atoms. The van der Waals surface area contributed by atoms with E-state index in [2.05, 4.69) is 51.8 Å². The number of carboxylic acid groups (broad SMARTS) is 3. The first-order valence-electron chi connectivity index (χ1n) is 28.6. The molecule has 0 aliphatic heterocycles. The second-order valence-corrected chi connectivity index (χ2v) is 21.2. The molecule has 36 nitrogen and oxygen atoms in total. The number of H-pyrrole nitrogens is 1. The number of nitrogens with two attached hydrogens (primary N) is 1. The highest BCUT2D eigenvalue weighted by molar-refractivity contribution is 5.98. The number of anilines is 2. The van der Waals surface area contributed by atoms with E-state index in [-0.39, 0.29) is 35.6 Å². The third-order valence-corrected chi connectivity index (χ3v) is 14.2. The fourth-order valence-electron chi connectivity index (χ4n) is 8.79. The van der Waals surface area contributed by atoms with Gasteiger partial charge in [0, 0.05) is 87.5 Å². The Morgan fingerprint density at radius 1 is 0.571 bits per heavy atom. The number of rotatable bonds is 44. The van der Waals surface area contributed by atoms with Gasteiger partial charge in [0.05, 0.1) is 55.9 Å².